The SMILES string of the molecule is NC(=O)NC(C(=O)N(CCO)C1CCC1)c1ccccc1. The van der Waals surface area contributed by atoms with E-state index in [2.05, 4.69) is 5.32 Å². The molecule has 1 aromatic rings. The summed E-state index contributed by atoms with van der Waals surface area (Å²) in [5.74, 6) is -0.223. The van der Waals surface area contributed by atoms with Gasteiger partial charge in [-0.2, -0.15) is 0 Å². The minimum Gasteiger partial charge on any atom is -0.395 e. The van der Waals surface area contributed by atoms with Crippen LogP contribution in [0.3, 0.4) is 0 Å². The quantitative estimate of drug-likeness (QED) is 0.722. The Morgan fingerprint density at radius 2 is 2.00 bits per heavy atom. The molecule has 1 fully saturated rings. The van der Waals surface area contributed by atoms with Crippen LogP contribution in [0, 0.1) is 0 Å². The van der Waals surface area contributed by atoms with Gasteiger partial charge in [0.25, 0.3) is 0 Å². The van der Waals surface area contributed by atoms with Gasteiger partial charge < -0.3 is 21.1 Å². The monoisotopic (exact) mass is 291 g/mol. The van der Waals surface area contributed by atoms with Crippen molar-refractivity contribution < 1.29 is 14.7 Å². The molecule has 1 atom stereocenters. The Labute approximate surface area is 123 Å². The molecule has 3 amide bonds. The van der Waals surface area contributed by atoms with E-state index in [9.17, 15) is 14.7 Å². The number of aliphatic hydroxyl groups is 1. The molecule has 2 rings (SSSR count). The summed E-state index contributed by atoms with van der Waals surface area (Å²) in [5, 5.41) is 11.7. The molecule has 114 valence electrons. The van der Waals surface area contributed by atoms with Crippen molar-refractivity contribution in [2.24, 2.45) is 5.73 Å². The number of amides is 3. The number of rotatable bonds is 6. The highest BCUT2D eigenvalue weighted by molar-refractivity contribution is 5.88. The molecule has 1 aromatic carbocycles. The topological polar surface area (TPSA) is 95.7 Å². The van der Waals surface area contributed by atoms with Crippen LogP contribution >= 0.6 is 0 Å². The van der Waals surface area contributed by atoms with E-state index in [-0.39, 0.29) is 25.1 Å². The fourth-order valence-corrected chi connectivity index (χ4v) is 2.52. The number of hydrogen-bond acceptors (Lipinski definition) is 3. The zero-order valence-electron chi connectivity index (χ0n) is 11.9. The van der Waals surface area contributed by atoms with Gasteiger partial charge in [0.05, 0.1) is 6.61 Å². The van der Waals surface area contributed by atoms with Gasteiger partial charge in [-0.15, -0.1) is 0 Å². The number of hydrogen-bond donors (Lipinski definition) is 3. The highest BCUT2D eigenvalue weighted by Crippen LogP contribution is 2.27. The van der Waals surface area contributed by atoms with Crippen LogP contribution in [0.4, 0.5) is 4.79 Å². The maximum Gasteiger partial charge on any atom is 0.313 e. The Morgan fingerprint density at radius 1 is 1.33 bits per heavy atom. The molecule has 0 aliphatic heterocycles. The third-order valence-corrected chi connectivity index (χ3v) is 3.81. The zero-order chi connectivity index (χ0) is 15.2. The molecule has 0 heterocycles. The third-order valence-electron chi connectivity index (χ3n) is 3.81. The van der Waals surface area contributed by atoms with Crippen molar-refractivity contribution >= 4 is 11.9 Å². The van der Waals surface area contributed by atoms with Crippen molar-refractivity contribution in [3.63, 3.8) is 0 Å². The maximum absolute atomic E-state index is 12.7. The lowest BCUT2D eigenvalue weighted by Crippen LogP contribution is -2.51. The zero-order valence-corrected chi connectivity index (χ0v) is 11.9. The number of nitrogens with one attached hydrogen (secondary N) is 1. The number of nitrogens with two attached hydrogens (primary N) is 1. The number of carbonyl (C=O) groups is 2. The molecule has 6 heteroatoms. The molecular formula is C15H21N3O3. The van der Waals surface area contributed by atoms with Crippen molar-refractivity contribution in [1.29, 1.82) is 0 Å². The Kier molecular flexibility index (Phi) is 5.16. The highest BCUT2D eigenvalue weighted by atomic mass is 16.3. The van der Waals surface area contributed by atoms with Gasteiger partial charge in [-0.1, -0.05) is 30.3 Å². The van der Waals surface area contributed by atoms with Crippen LogP contribution in [0.25, 0.3) is 0 Å². The summed E-state index contributed by atoms with van der Waals surface area (Å²) < 4.78 is 0. The van der Waals surface area contributed by atoms with E-state index in [4.69, 9.17) is 5.73 Å². The van der Waals surface area contributed by atoms with Gasteiger partial charge in [-0.05, 0) is 24.8 Å². The van der Waals surface area contributed by atoms with E-state index in [1.807, 2.05) is 6.07 Å². The standard InChI is InChI=1S/C15H21N3O3/c16-15(21)17-13(11-5-2-1-3-6-11)14(20)18(9-10-19)12-7-4-8-12/h1-3,5-6,12-13,19H,4,7-10H2,(H3,16,17,21). The number of aliphatic hydroxyl groups excluding tert-OH is 1. The molecule has 0 saturated heterocycles. The van der Waals surface area contributed by atoms with E-state index >= 15 is 0 Å². The molecule has 0 radical (unpaired) electrons. The molecule has 1 saturated carbocycles. The van der Waals surface area contributed by atoms with Gasteiger partial charge in [0.1, 0.15) is 6.04 Å². The normalized spacial score (nSPS) is 15.9. The van der Waals surface area contributed by atoms with Crippen LogP contribution in [-0.4, -0.2) is 41.1 Å². The molecule has 6 nitrogen and oxygen atoms in total. The van der Waals surface area contributed by atoms with Crippen LogP contribution in [-0.2, 0) is 4.79 Å². The Hall–Kier alpha value is -2.08. The Morgan fingerprint density at radius 3 is 2.48 bits per heavy atom. The predicted octanol–water partition coefficient (Wildman–Crippen LogP) is 0.769. The average Bonchev–Trinajstić information content (AvgIpc) is 2.42. The molecule has 21 heavy (non-hydrogen) atoms. The molecule has 0 bridgehead atoms. The van der Waals surface area contributed by atoms with Crippen molar-refractivity contribution in [1.82, 2.24) is 10.2 Å². The minimum atomic E-state index is -0.809. The number of nitrogens with zero attached hydrogens (tertiary/aromatic N) is 1. The molecule has 1 aliphatic rings. The molecule has 4 N–H and O–H groups in total. The summed E-state index contributed by atoms with van der Waals surface area (Å²) in [6, 6.07) is 7.59. The first-order valence-electron chi connectivity index (χ1n) is 7.15. The Balaban J connectivity index is 2.21. The Bertz CT molecular complexity index is 488. The fourth-order valence-electron chi connectivity index (χ4n) is 2.52. The van der Waals surface area contributed by atoms with Crippen LogP contribution in [0.1, 0.15) is 30.9 Å². The number of urea groups is 1. The lowest BCUT2D eigenvalue weighted by molar-refractivity contribution is -0.138. The van der Waals surface area contributed by atoms with E-state index < -0.39 is 12.1 Å². The average molecular weight is 291 g/mol. The molecule has 1 aliphatic carbocycles. The van der Waals surface area contributed by atoms with E-state index in [1.165, 1.54) is 0 Å². The minimum absolute atomic E-state index is 0.0969. The first-order chi connectivity index (χ1) is 10.1. The predicted molar refractivity (Wildman–Crippen MR) is 78.3 cm³/mol. The van der Waals surface area contributed by atoms with E-state index in [0.717, 1.165) is 19.3 Å². The van der Waals surface area contributed by atoms with Gasteiger partial charge in [0.2, 0.25) is 5.91 Å². The van der Waals surface area contributed by atoms with Crippen molar-refractivity contribution in [2.75, 3.05) is 13.2 Å². The smallest absolute Gasteiger partial charge is 0.313 e. The van der Waals surface area contributed by atoms with Crippen LogP contribution in [0.5, 0.6) is 0 Å². The van der Waals surface area contributed by atoms with Crippen LogP contribution in [0.15, 0.2) is 30.3 Å². The van der Waals surface area contributed by atoms with Gasteiger partial charge in [0, 0.05) is 12.6 Å². The number of primary amides is 1. The summed E-state index contributed by atoms with van der Waals surface area (Å²) in [5.41, 5.74) is 5.88. The third kappa shape index (κ3) is 3.72. The van der Waals surface area contributed by atoms with Gasteiger partial charge in [-0.3, -0.25) is 4.79 Å². The second kappa shape index (κ2) is 7.08. The van der Waals surface area contributed by atoms with Crippen LogP contribution in [0.2, 0.25) is 0 Å². The lowest BCUT2D eigenvalue weighted by Gasteiger charge is -2.39. The number of benzene rings is 1. The lowest BCUT2D eigenvalue weighted by atomic mass is 9.90. The molecular weight excluding hydrogens is 270 g/mol. The summed E-state index contributed by atoms with van der Waals surface area (Å²) in [6.07, 6.45) is 2.95. The highest BCUT2D eigenvalue weighted by Gasteiger charge is 2.33. The maximum atomic E-state index is 12.7. The summed E-state index contributed by atoms with van der Waals surface area (Å²) >= 11 is 0. The molecule has 0 aromatic heterocycles. The van der Waals surface area contributed by atoms with Gasteiger partial charge in [0.15, 0.2) is 0 Å². The van der Waals surface area contributed by atoms with Crippen molar-refractivity contribution in [2.45, 2.75) is 31.3 Å². The van der Waals surface area contributed by atoms with E-state index in [0.29, 0.717) is 5.56 Å². The van der Waals surface area contributed by atoms with Gasteiger partial charge >= 0.3 is 6.03 Å². The second-order valence-electron chi connectivity index (χ2n) is 5.19. The first kappa shape index (κ1) is 15.3. The van der Waals surface area contributed by atoms with Crippen LogP contribution < -0.4 is 11.1 Å². The summed E-state index contributed by atoms with van der Waals surface area (Å²) in [4.78, 5) is 25.6. The molecule has 1 unspecified atom stereocenters. The fraction of sp³-hybridized carbons (Fsp3) is 0.467. The first-order valence-corrected chi connectivity index (χ1v) is 7.15. The summed E-state index contributed by atoms with van der Waals surface area (Å²) in [7, 11) is 0. The van der Waals surface area contributed by atoms with Gasteiger partial charge in [-0.25, -0.2) is 4.79 Å². The number of carbonyl (C=O) groups excluding carboxylic acids is 2. The van der Waals surface area contributed by atoms with Crippen molar-refractivity contribution in [3.05, 3.63) is 35.9 Å². The van der Waals surface area contributed by atoms with Crippen molar-refractivity contribution in [3.8, 4) is 0 Å². The largest absolute Gasteiger partial charge is 0.395 e. The second-order valence-corrected chi connectivity index (χ2v) is 5.19. The summed E-state index contributed by atoms with van der Waals surface area (Å²) in [6.45, 7) is 0.174. The van der Waals surface area contributed by atoms with E-state index in [1.54, 1.807) is 29.2 Å². The molecule has 0 spiro atoms.